The minimum absolute atomic E-state index is 0.208. The number of rotatable bonds is 5. The van der Waals surface area contributed by atoms with Crippen LogP contribution in [0.5, 0.6) is 0 Å². The maximum absolute atomic E-state index is 5.98. The van der Waals surface area contributed by atoms with Gasteiger partial charge in [0, 0.05) is 45.0 Å². The first-order chi connectivity index (χ1) is 13.0. The number of piperidine rings is 1. The molecule has 0 amide bonds. The molecule has 2 aliphatic rings. The molecule has 2 fully saturated rings. The molecule has 2 saturated heterocycles. The van der Waals surface area contributed by atoms with Crippen LogP contribution >= 0.6 is 0 Å². The van der Waals surface area contributed by atoms with E-state index in [-0.39, 0.29) is 11.3 Å². The molecule has 4 rings (SSSR count). The van der Waals surface area contributed by atoms with Crippen LogP contribution in [0.4, 0.5) is 0 Å². The third-order valence-electron chi connectivity index (χ3n) is 6.48. The summed E-state index contributed by atoms with van der Waals surface area (Å²) in [6, 6.07) is 0. The van der Waals surface area contributed by atoms with Gasteiger partial charge in [-0.2, -0.15) is 5.10 Å². The van der Waals surface area contributed by atoms with Crippen LogP contribution in [0, 0.1) is 12.3 Å². The fraction of sp³-hybridized carbons (Fsp3) is 0.737. The van der Waals surface area contributed by atoms with E-state index in [1.807, 2.05) is 17.9 Å². The van der Waals surface area contributed by atoms with Crippen molar-refractivity contribution in [1.82, 2.24) is 29.8 Å². The highest BCUT2D eigenvalue weighted by molar-refractivity contribution is 5.18. The molecule has 0 radical (unpaired) electrons. The summed E-state index contributed by atoms with van der Waals surface area (Å²) in [5.74, 6) is 1.62. The summed E-state index contributed by atoms with van der Waals surface area (Å²) in [5, 5.41) is 13.0. The van der Waals surface area contributed by atoms with E-state index in [1.54, 1.807) is 7.11 Å². The van der Waals surface area contributed by atoms with Crippen molar-refractivity contribution in [2.24, 2.45) is 12.5 Å². The summed E-state index contributed by atoms with van der Waals surface area (Å²) in [7, 11) is 5.85. The van der Waals surface area contributed by atoms with Gasteiger partial charge in [-0.15, -0.1) is 10.2 Å². The lowest BCUT2D eigenvalue weighted by molar-refractivity contribution is 0.103. The number of aromatic nitrogens is 4. The summed E-state index contributed by atoms with van der Waals surface area (Å²) in [6.45, 7) is 7.69. The first-order valence-electron chi connectivity index (χ1n) is 9.70. The minimum atomic E-state index is 0.208. The fourth-order valence-corrected chi connectivity index (χ4v) is 4.63. The van der Waals surface area contributed by atoms with Crippen LogP contribution in [0.15, 0.2) is 10.6 Å². The molecule has 8 nitrogen and oxygen atoms in total. The second kappa shape index (κ2) is 7.33. The molecule has 1 atom stereocenters. The molecule has 148 valence electrons. The lowest BCUT2D eigenvalue weighted by Crippen LogP contribution is -2.42. The van der Waals surface area contributed by atoms with Crippen LogP contribution in [0.2, 0.25) is 0 Å². The van der Waals surface area contributed by atoms with Gasteiger partial charge in [0.05, 0.1) is 12.1 Å². The average molecular weight is 374 g/mol. The van der Waals surface area contributed by atoms with Crippen molar-refractivity contribution < 1.29 is 9.15 Å². The molecule has 2 aliphatic heterocycles. The second-order valence-corrected chi connectivity index (χ2v) is 8.23. The molecule has 8 heteroatoms. The monoisotopic (exact) mass is 374 g/mol. The average Bonchev–Trinajstić information content (AvgIpc) is 3.33. The minimum Gasteiger partial charge on any atom is -0.422 e. The summed E-state index contributed by atoms with van der Waals surface area (Å²) >= 11 is 0. The molecule has 1 spiro atoms. The van der Waals surface area contributed by atoms with Gasteiger partial charge in [-0.1, -0.05) is 0 Å². The molecule has 4 heterocycles. The van der Waals surface area contributed by atoms with Crippen molar-refractivity contribution in [1.29, 1.82) is 0 Å². The van der Waals surface area contributed by atoms with Crippen LogP contribution in [-0.2, 0) is 24.9 Å². The highest BCUT2D eigenvalue weighted by Crippen LogP contribution is 2.49. The van der Waals surface area contributed by atoms with Gasteiger partial charge in [0.2, 0.25) is 11.8 Å². The molecular formula is C19H30N6O2. The van der Waals surface area contributed by atoms with E-state index in [0.717, 1.165) is 38.6 Å². The number of hydrogen-bond acceptors (Lipinski definition) is 7. The number of hydrogen-bond donors (Lipinski definition) is 0. The SMILES string of the molecule is COCc1nnc(C2CN(Cc3cnn(C)c3C)CC23CCN(C)CC3)o1. The standard InChI is InChI=1S/C19H30N6O2/c1-14-15(9-20-24(14)3)10-25-11-16(18-22-21-17(27-18)12-26-4)19(13-25)5-7-23(2)8-6-19/h9,16H,5-8,10-13H2,1-4H3. The number of ether oxygens (including phenoxy) is 1. The zero-order valence-corrected chi connectivity index (χ0v) is 16.8. The van der Waals surface area contributed by atoms with Crippen molar-refractivity contribution in [2.75, 3.05) is 40.3 Å². The lowest BCUT2D eigenvalue weighted by Gasteiger charge is -2.40. The Morgan fingerprint density at radius 2 is 2.04 bits per heavy atom. The highest BCUT2D eigenvalue weighted by Gasteiger charge is 2.50. The topological polar surface area (TPSA) is 72.5 Å². The summed E-state index contributed by atoms with van der Waals surface area (Å²) in [4.78, 5) is 4.96. The van der Waals surface area contributed by atoms with E-state index in [9.17, 15) is 0 Å². The van der Waals surface area contributed by atoms with Crippen LogP contribution in [0.25, 0.3) is 0 Å². The first kappa shape index (κ1) is 18.6. The summed E-state index contributed by atoms with van der Waals surface area (Å²) < 4.78 is 13.1. The number of nitrogens with zero attached hydrogens (tertiary/aromatic N) is 6. The van der Waals surface area contributed by atoms with Crippen molar-refractivity contribution in [3.63, 3.8) is 0 Å². The Labute approximate surface area is 160 Å². The van der Waals surface area contributed by atoms with Crippen molar-refractivity contribution in [2.45, 2.75) is 38.8 Å². The van der Waals surface area contributed by atoms with Gasteiger partial charge in [-0.3, -0.25) is 9.58 Å². The Bertz CT molecular complexity index is 777. The Morgan fingerprint density at radius 1 is 1.26 bits per heavy atom. The van der Waals surface area contributed by atoms with E-state index >= 15 is 0 Å². The molecule has 0 N–H and O–H groups in total. The van der Waals surface area contributed by atoms with E-state index in [2.05, 4.69) is 39.1 Å². The predicted octanol–water partition coefficient (Wildman–Crippen LogP) is 1.57. The molecular weight excluding hydrogens is 344 g/mol. The molecule has 1 unspecified atom stereocenters. The first-order valence-corrected chi connectivity index (χ1v) is 9.70. The number of aryl methyl sites for hydroxylation is 1. The van der Waals surface area contributed by atoms with E-state index in [1.165, 1.54) is 24.1 Å². The molecule has 0 aliphatic carbocycles. The smallest absolute Gasteiger partial charge is 0.242 e. The molecule has 0 aromatic carbocycles. The van der Waals surface area contributed by atoms with Crippen LogP contribution < -0.4 is 0 Å². The van der Waals surface area contributed by atoms with Gasteiger partial charge in [0.15, 0.2) is 0 Å². The molecule has 2 aromatic heterocycles. The molecule has 0 bridgehead atoms. The fourth-order valence-electron chi connectivity index (χ4n) is 4.63. The van der Waals surface area contributed by atoms with Gasteiger partial charge in [0.25, 0.3) is 0 Å². The Balaban J connectivity index is 1.57. The lowest BCUT2D eigenvalue weighted by atomic mass is 9.71. The predicted molar refractivity (Wildman–Crippen MR) is 100 cm³/mol. The number of likely N-dealkylation sites (tertiary alicyclic amines) is 2. The van der Waals surface area contributed by atoms with Gasteiger partial charge in [-0.05, 0) is 45.3 Å². The van der Waals surface area contributed by atoms with Crippen LogP contribution in [0.1, 0.15) is 41.8 Å². The maximum atomic E-state index is 5.98. The molecule has 2 aromatic rings. The Hall–Kier alpha value is -1.77. The zero-order chi connectivity index (χ0) is 19.0. The number of methoxy groups -OCH3 is 1. The Morgan fingerprint density at radius 3 is 2.70 bits per heavy atom. The van der Waals surface area contributed by atoms with Gasteiger partial charge in [-0.25, -0.2) is 0 Å². The van der Waals surface area contributed by atoms with Crippen molar-refractivity contribution >= 4 is 0 Å². The zero-order valence-electron chi connectivity index (χ0n) is 16.8. The molecule has 27 heavy (non-hydrogen) atoms. The normalized spacial score (nSPS) is 23.5. The van der Waals surface area contributed by atoms with Gasteiger partial charge in [0.1, 0.15) is 6.61 Å². The quantitative estimate of drug-likeness (QED) is 0.786. The van der Waals surface area contributed by atoms with Crippen LogP contribution in [0.3, 0.4) is 0 Å². The van der Waals surface area contributed by atoms with E-state index in [4.69, 9.17) is 9.15 Å². The third kappa shape index (κ3) is 3.53. The van der Waals surface area contributed by atoms with Gasteiger partial charge >= 0.3 is 0 Å². The van der Waals surface area contributed by atoms with Crippen molar-refractivity contribution in [3.05, 3.63) is 29.2 Å². The summed E-state index contributed by atoms with van der Waals surface area (Å²) in [5.41, 5.74) is 2.74. The second-order valence-electron chi connectivity index (χ2n) is 8.23. The maximum Gasteiger partial charge on any atom is 0.242 e. The van der Waals surface area contributed by atoms with E-state index < -0.39 is 0 Å². The summed E-state index contributed by atoms with van der Waals surface area (Å²) in [6.07, 6.45) is 4.32. The Kier molecular flexibility index (Phi) is 5.05. The third-order valence-corrected chi connectivity index (χ3v) is 6.48. The molecule has 0 saturated carbocycles. The van der Waals surface area contributed by atoms with Crippen molar-refractivity contribution in [3.8, 4) is 0 Å². The van der Waals surface area contributed by atoms with E-state index in [0.29, 0.717) is 12.5 Å². The largest absolute Gasteiger partial charge is 0.422 e. The highest BCUT2D eigenvalue weighted by atomic mass is 16.5. The van der Waals surface area contributed by atoms with Gasteiger partial charge < -0.3 is 14.1 Å². The van der Waals surface area contributed by atoms with Crippen LogP contribution in [-0.4, -0.2) is 70.1 Å².